The van der Waals surface area contributed by atoms with E-state index < -0.39 is 28.6 Å². The summed E-state index contributed by atoms with van der Waals surface area (Å²) in [6.45, 7) is 9.04. The van der Waals surface area contributed by atoms with Crippen molar-refractivity contribution in [2.24, 2.45) is 0 Å². The van der Waals surface area contributed by atoms with Gasteiger partial charge in [-0.3, -0.25) is 29.4 Å². The van der Waals surface area contributed by atoms with Crippen LogP contribution in [0.2, 0.25) is 0 Å². The second kappa shape index (κ2) is 20.3. The van der Waals surface area contributed by atoms with E-state index in [1.54, 1.807) is 0 Å². The number of halogens is 3. The highest BCUT2D eigenvalue weighted by Gasteiger charge is 2.36. The second-order valence-electron chi connectivity index (χ2n) is 12.3. The van der Waals surface area contributed by atoms with Gasteiger partial charge in [0, 0.05) is 17.9 Å². The van der Waals surface area contributed by atoms with Gasteiger partial charge in [-0.15, -0.1) is 11.8 Å². The van der Waals surface area contributed by atoms with Crippen molar-refractivity contribution in [3.05, 3.63) is 93.7 Å². The molecule has 56 heavy (non-hydrogen) atoms. The number of hydrogen-bond acceptors (Lipinski definition) is 11. The van der Waals surface area contributed by atoms with Crippen LogP contribution >= 0.6 is 23.5 Å². The monoisotopic (exact) mass is 813 g/mol. The van der Waals surface area contributed by atoms with Gasteiger partial charge in [0.15, 0.2) is 17.2 Å². The number of imide groups is 2. The standard InChI is InChI=1S/C39H38F3N3O9S2/c1-43-27-9-11-30(29(24-27)39(40,41)42)54-31-10-8-26(22-32(31)50-2)23-34-37(48)45(38(49)56-34)14-16-52-18-20-53-19-17-51-15-4-6-25-5-3-7-28(21-25)55-33-12-13-35(46)44-36(33)47/h3,5,7-11,21-24,33H,4,6,12-20H2,2H3,(H,44,46,47)/b34-23-. The van der Waals surface area contributed by atoms with E-state index in [4.69, 9.17) is 30.3 Å². The average molecular weight is 814 g/mol. The van der Waals surface area contributed by atoms with Crippen molar-refractivity contribution >= 4 is 58.2 Å². The minimum Gasteiger partial charge on any atom is -0.493 e. The molecule has 0 bridgehead atoms. The summed E-state index contributed by atoms with van der Waals surface area (Å²) >= 11 is 2.22. The van der Waals surface area contributed by atoms with Gasteiger partial charge in [0.1, 0.15) is 5.75 Å². The molecule has 0 radical (unpaired) electrons. The van der Waals surface area contributed by atoms with E-state index in [0.717, 1.165) is 46.0 Å². The van der Waals surface area contributed by atoms with Crippen LogP contribution in [0.3, 0.4) is 0 Å². The molecular weight excluding hydrogens is 776 g/mol. The highest BCUT2D eigenvalue weighted by molar-refractivity contribution is 8.18. The lowest BCUT2D eigenvalue weighted by Gasteiger charge is -2.20. The summed E-state index contributed by atoms with van der Waals surface area (Å²) in [6.07, 6.45) is -0.777. The number of aryl methyl sites for hydroxylation is 1. The number of hydrogen-bond donors (Lipinski definition) is 1. The summed E-state index contributed by atoms with van der Waals surface area (Å²) in [5.74, 6) is -1.41. The summed E-state index contributed by atoms with van der Waals surface area (Å²) in [5, 5.41) is 1.65. The van der Waals surface area contributed by atoms with Crippen LogP contribution in [0.1, 0.15) is 36.0 Å². The molecule has 296 valence electrons. The van der Waals surface area contributed by atoms with E-state index in [1.807, 2.05) is 18.2 Å². The van der Waals surface area contributed by atoms with Gasteiger partial charge in [0.2, 0.25) is 11.8 Å². The Morgan fingerprint density at radius 1 is 0.929 bits per heavy atom. The number of carbonyl (C=O) groups excluding carboxylic acids is 4. The average Bonchev–Trinajstić information content (AvgIpc) is 3.43. The topological polar surface area (TPSA) is 134 Å². The molecule has 2 fully saturated rings. The highest BCUT2D eigenvalue weighted by atomic mass is 32.2. The second-order valence-corrected chi connectivity index (χ2v) is 14.6. The maximum Gasteiger partial charge on any atom is 0.418 e. The Kier molecular flexibility index (Phi) is 15.4. The van der Waals surface area contributed by atoms with Crippen LogP contribution in [-0.4, -0.2) is 86.4 Å². The van der Waals surface area contributed by atoms with Crippen LogP contribution in [0.15, 0.2) is 70.5 Å². The van der Waals surface area contributed by atoms with Gasteiger partial charge in [-0.2, -0.15) is 13.2 Å². The molecular formula is C39H38F3N3O9S2. The number of piperidine rings is 1. The smallest absolute Gasteiger partial charge is 0.418 e. The minimum atomic E-state index is -4.76. The molecule has 2 aliphatic rings. The Balaban J connectivity index is 0.965. The molecule has 0 spiro atoms. The third-order valence-electron chi connectivity index (χ3n) is 8.30. The number of amides is 4. The largest absolute Gasteiger partial charge is 0.493 e. The number of carbonyl (C=O) groups is 4. The molecule has 2 aliphatic heterocycles. The quantitative estimate of drug-likeness (QED) is 0.0553. The van der Waals surface area contributed by atoms with E-state index in [-0.39, 0.29) is 58.9 Å². The van der Waals surface area contributed by atoms with Crippen LogP contribution in [0.25, 0.3) is 10.9 Å². The van der Waals surface area contributed by atoms with Gasteiger partial charge in [-0.05, 0) is 84.6 Å². The van der Waals surface area contributed by atoms with E-state index in [0.29, 0.717) is 50.9 Å². The third kappa shape index (κ3) is 12.1. The Bertz CT molecular complexity index is 1990. The fourth-order valence-corrected chi connectivity index (χ4v) is 7.49. The summed E-state index contributed by atoms with van der Waals surface area (Å²) in [7, 11) is 1.31. The zero-order chi connectivity index (χ0) is 40.1. The molecule has 4 amide bonds. The Morgan fingerprint density at radius 3 is 2.38 bits per heavy atom. The van der Waals surface area contributed by atoms with Crippen molar-refractivity contribution in [1.82, 2.24) is 10.2 Å². The Hall–Kier alpha value is -4.86. The molecule has 0 aliphatic carbocycles. The molecule has 17 heteroatoms. The molecule has 5 rings (SSSR count). The molecule has 1 N–H and O–H groups in total. The lowest BCUT2D eigenvalue weighted by Crippen LogP contribution is -2.42. The number of nitrogens with one attached hydrogen (secondary N) is 1. The molecule has 0 aromatic heterocycles. The molecule has 2 saturated heterocycles. The number of ether oxygens (including phenoxy) is 5. The van der Waals surface area contributed by atoms with Crippen molar-refractivity contribution in [2.75, 3.05) is 53.3 Å². The SMILES string of the molecule is [C-]#[N+]c1ccc(Oc2ccc(/C=C3\SC(=O)N(CCOCCOCCOCCCc4cccc(SC5CCC(=O)NC5=O)c4)C3=O)cc2OC)c(C(F)(F)F)c1. The van der Waals surface area contributed by atoms with Gasteiger partial charge in [0.25, 0.3) is 11.1 Å². The first-order valence-electron chi connectivity index (χ1n) is 17.5. The van der Waals surface area contributed by atoms with Gasteiger partial charge >= 0.3 is 6.18 Å². The minimum absolute atomic E-state index is 0.0215. The molecule has 2 heterocycles. The predicted octanol–water partition coefficient (Wildman–Crippen LogP) is 7.67. The Morgan fingerprint density at radius 2 is 1.66 bits per heavy atom. The fraction of sp³-hybridized carbons (Fsp3) is 0.359. The van der Waals surface area contributed by atoms with Gasteiger partial charge < -0.3 is 23.7 Å². The molecule has 1 atom stereocenters. The van der Waals surface area contributed by atoms with Crippen LogP contribution < -0.4 is 14.8 Å². The van der Waals surface area contributed by atoms with E-state index in [2.05, 4.69) is 16.2 Å². The number of methoxy groups -OCH3 is 1. The molecule has 3 aromatic rings. The molecule has 12 nitrogen and oxygen atoms in total. The van der Waals surface area contributed by atoms with Crippen LogP contribution in [0.4, 0.5) is 23.7 Å². The van der Waals surface area contributed by atoms with Crippen LogP contribution in [0.5, 0.6) is 17.2 Å². The Labute approximate surface area is 329 Å². The molecule has 0 saturated carbocycles. The number of nitrogens with zero attached hydrogens (tertiary/aromatic N) is 2. The maximum atomic E-state index is 13.6. The van der Waals surface area contributed by atoms with E-state index in [1.165, 1.54) is 49.2 Å². The first kappa shape index (κ1) is 42.3. The highest BCUT2D eigenvalue weighted by Crippen LogP contribution is 2.42. The number of rotatable bonds is 19. The van der Waals surface area contributed by atoms with Crippen molar-refractivity contribution in [2.45, 2.75) is 42.0 Å². The zero-order valence-corrected chi connectivity index (χ0v) is 31.9. The normalized spacial score (nSPS) is 16.7. The van der Waals surface area contributed by atoms with Crippen molar-refractivity contribution in [1.29, 1.82) is 0 Å². The first-order valence-corrected chi connectivity index (χ1v) is 19.2. The van der Waals surface area contributed by atoms with Gasteiger partial charge in [-0.25, -0.2) is 4.85 Å². The van der Waals surface area contributed by atoms with Crippen LogP contribution in [0, 0.1) is 6.57 Å². The van der Waals surface area contributed by atoms with Crippen molar-refractivity contribution < 1.29 is 56.0 Å². The lowest BCUT2D eigenvalue weighted by atomic mass is 10.1. The summed E-state index contributed by atoms with van der Waals surface area (Å²) in [6, 6.07) is 15.3. The molecule has 1 unspecified atom stereocenters. The van der Waals surface area contributed by atoms with Gasteiger partial charge in [-0.1, -0.05) is 24.3 Å². The lowest BCUT2D eigenvalue weighted by molar-refractivity contribution is -0.138. The first-order chi connectivity index (χ1) is 26.9. The van der Waals surface area contributed by atoms with Crippen molar-refractivity contribution in [3.8, 4) is 17.2 Å². The van der Waals surface area contributed by atoms with Gasteiger partial charge in [0.05, 0.1) is 69.0 Å². The van der Waals surface area contributed by atoms with E-state index in [9.17, 15) is 32.3 Å². The summed E-state index contributed by atoms with van der Waals surface area (Å²) < 4.78 is 68.5. The maximum absolute atomic E-state index is 13.6. The third-order valence-corrected chi connectivity index (χ3v) is 10.5. The fourth-order valence-electron chi connectivity index (χ4n) is 5.52. The van der Waals surface area contributed by atoms with E-state index >= 15 is 0 Å². The number of thioether (sulfide) groups is 2. The summed E-state index contributed by atoms with van der Waals surface area (Å²) in [4.78, 5) is 54.3. The number of alkyl halides is 3. The molecule has 3 aromatic carbocycles. The summed E-state index contributed by atoms with van der Waals surface area (Å²) in [5.41, 5.74) is 0.288. The zero-order valence-electron chi connectivity index (χ0n) is 30.2. The van der Waals surface area contributed by atoms with Crippen LogP contribution in [-0.2, 0) is 41.2 Å². The number of benzene rings is 3. The predicted molar refractivity (Wildman–Crippen MR) is 203 cm³/mol. The van der Waals surface area contributed by atoms with Crippen molar-refractivity contribution in [3.63, 3.8) is 0 Å².